The topological polar surface area (TPSA) is 40.9 Å². The molecule has 116 valence electrons. The molecule has 0 fully saturated rings. The van der Waals surface area contributed by atoms with Crippen molar-refractivity contribution < 1.29 is 8.60 Å². The Labute approximate surface area is 135 Å². The van der Waals surface area contributed by atoms with E-state index in [1.807, 2.05) is 60.7 Å². The van der Waals surface area contributed by atoms with Crippen LogP contribution in [0.5, 0.6) is 0 Å². The molecular weight excluding hydrogens is 309 g/mol. The summed E-state index contributed by atoms with van der Waals surface area (Å²) in [5.41, 5.74) is 2.51. The van der Waals surface area contributed by atoms with Gasteiger partial charge in [0.25, 0.3) is 0 Å². The number of hydrogen-bond acceptors (Lipinski definition) is 2. The summed E-state index contributed by atoms with van der Waals surface area (Å²) in [6.45, 7) is 0. The molecule has 1 atom stereocenters. The highest BCUT2D eigenvalue weighted by atomic mass is 32.2. The Bertz CT molecular complexity index is 875. The van der Waals surface area contributed by atoms with Gasteiger partial charge in [-0.1, -0.05) is 60.7 Å². The van der Waals surface area contributed by atoms with E-state index in [1.165, 1.54) is 18.4 Å². The van der Waals surface area contributed by atoms with Crippen LogP contribution in [-0.4, -0.2) is 10.5 Å². The molecule has 0 aromatic heterocycles. The highest BCUT2D eigenvalue weighted by Crippen LogP contribution is 2.37. The third-order valence-electron chi connectivity index (χ3n) is 3.61. The highest BCUT2D eigenvalue weighted by Gasteiger charge is 2.19. The van der Waals surface area contributed by atoms with Crippen molar-refractivity contribution in [1.82, 2.24) is 0 Å². The van der Waals surface area contributed by atoms with Gasteiger partial charge in [0.15, 0.2) is 0 Å². The van der Waals surface area contributed by atoms with Gasteiger partial charge in [0.1, 0.15) is 5.82 Å². The molecule has 4 heteroatoms. The minimum absolute atomic E-state index is 0.372. The van der Waals surface area contributed by atoms with Crippen molar-refractivity contribution >= 4 is 9.73 Å². The molecule has 0 spiro atoms. The number of benzene rings is 3. The standard InChI is InChI=1S/C19H16FNOS/c1-23(21,22)19-17(14-8-4-2-5-9-14)12-16(20)13-18(19)15-10-6-3-7-11-15/h2-13,21H,1H3. The molecular formula is C19H16FNOS. The summed E-state index contributed by atoms with van der Waals surface area (Å²) < 4.78 is 35.0. The van der Waals surface area contributed by atoms with Crippen LogP contribution in [0.4, 0.5) is 4.39 Å². The molecule has 2 nitrogen and oxygen atoms in total. The number of halogens is 1. The average molecular weight is 325 g/mol. The summed E-state index contributed by atoms with van der Waals surface area (Å²) >= 11 is 0. The number of rotatable bonds is 3. The van der Waals surface area contributed by atoms with Gasteiger partial charge in [-0.2, -0.15) is 0 Å². The van der Waals surface area contributed by atoms with E-state index in [2.05, 4.69) is 0 Å². The zero-order valence-corrected chi connectivity index (χ0v) is 13.4. The lowest BCUT2D eigenvalue weighted by Crippen LogP contribution is -2.02. The molecule has 0 aliphatic rings. The van der Waals surface area contributed by atoms with E-state index >= 15 is 0 Å². The maximum Gasteiger partial charge on any atom is 0.124 e. The van der Waals surface area contributed by atoms with Crippen LogP contribution in [-0.2, 0) is 9.73 Å². The minimum Gasteiger partial charge on any atom is -0.249 e. The van der Waals surface area contributed by atoms with Crippen LogP contribution in [0.2, 0.25) is 0 Å². The van der Waals surface area contributed by atoms with Crippen molar-refractivity contribution in [1.29, 1.82) is 4.78 Å². The Morgan fingerprint density at radius 1 is 0.826 bits per heavy atom. The van der Waals surface area contributed by atoms with Gasteiger partial charge in [-0.3, -0.25) is 0 Å². The van der Waals surface area contributed by atoms with Gasteiger partial charge in [-0.05, 0) is 23.3 Å². The van der Waals surface area contributed by atoms with Gasteiger partial charge >= 0.3 is 0 Å². The zero-order chi connectivity index (χ0) is 16.4. The van der Waals surface area contributed by atoms with Crippen LogP contribution in [0.3, 0.4) is 0 Å². The molecule has 0 saturated heterocycles. The van der Waals surface area contributed by atoms with Crippen LogP contribution in [0.15, 0.2) is 77.7 Å². The van der Waals surface area contributed by atoms with Crippen LogP contribution in [0.1, 0.15) is 0 Å². The molecule has 0 saturated carbocycles. The molecule has 0 aliphatic carbocycles. The van der Waals surface area contributed by atoms with Crippen molar-refractivity contribution in [3.05, 3.63) is 78.6 Å². The third kappa shape index (κ3) is 3.17. The van der Waals surface area contributed by atoms with Crippen LogP contribution >= 0.6 is 0 Å². The predicted molar refractivity (Wildman–Crippen MR) is 92.3 cm³/mol. The van der Waals surface area contributed by atoms with E-state index < -0.39 is 15.5 Å². The molecule has 0 heterocycles. The second-order valence-electron chi connectivity index (χ2n) is 5.41. The molecule has 23 heavy (non-hydrogen) atoms. The summed E-state index contributed by atoms with van der Waals surface area (Å²) in [6.07, 6.45) is 1.37. The van der Waals surface area contributed by atoms with Gasteiger partial charge in [0.2, 0.25) is 0 Å². The van der Waals surface area contributed by atoms with Crippen molar-refractivity contribution in [2.75, 3.05) is 6.26 Å². The fourth-order valence-corrected chi connectivity index (χ4v) is 3.87. The molecule has 0 radical (unpaired) electrons. The first-order valence-corrected chi connectivity index (χ1v) is 9.11. The second kappa shape index (κ2) is 5.97. The average Bonchev–Trinajstić information content (AvgIpc) is 2.54. The minimum atomic E-state index is -3.04. The number of hydrogen-bond donors (Lipinski definition) is 1. The monoisotopic (exact) mass is 325 g/mol. The molecule has 0 aliphatic heterocycles. The summed E-state index contributed by atoms with van der Waals surface area (Å²) in [5.74, 6) is -0.407. The normalized spacial score (nSPS) is 13.5. The summed E-state index contributed by atoms with van der Waals surface area (Å²) in [7, 11) is -3.04. The van der Waals surface area contributed by atoms with Crippen molar-refractivity contribution in [3.63, 3.8) is 0 Å². The smallest absolute Gasteiger partial charge is 0.124 e. The van der Waals surface area contributed by atoms with Crippen molar-refractivity contribution in [3.8, 4) is 22.3 Å². The molecule has 0 amide bonds. The Morgan fingerprint density at radius 3 is 1.57 bits per heavy atom. The first-order valence-electron chi connectivity index (χ1n) is 7.15. The van der Waals surface area contributed by atoms with Gasteiger partial charge in [-0.15, -0.1) is 0 Å². The lowest BCUT2D eigenvalue weighted by Gasteiger charge is -2.16. The molecule has 3 rings (SSSR count). The van der Waals surface area contributed by atoms with Crippen molar-refractivity contribution in [2.45, 2.75) is 4.90 Å². The quantitative estimate of drug-likeness (QED) is 0.707. The Hall–Kier alpha value is -2.46. The first kappa shape index (κ1) is 15.4. The Balaban J connectivity index is 2.40. The van der Waals surface area contributed by atoms with Gasteiger partial charge < -0.3 is 0 Å². The SMILES string of the molecule is CS(=N)(=O)c1c(-c2ccccc2)cc(F)cc1-c1ccccc1. The van der Waals surface area contributed by atoms with Crippen LogP contribution in [0, 0.1) is 10.6 Å². The maximum atomic E-state index is 14.2. The van der Waals surface area contributed by atoms with Crippen LogP contribution < -0.4 is 0 Å². The molecule has 0 bridgehead atoms. The van der Waals surface area contributed by atoms with E-state index in [4.69, 9.17) is 4.78 Å². The predicted octanol–water partition coefficient (Wildman–Crippen LogP) is 5.20. The van der Waals surface area contributed by atoms with Gasteiger partial charge in [0, 0.05) is 17.4 Å². The summed E-state index contributed by atoms with van der Waals surface area (Å²) in [6, 6.07) is 21.1. The molecule has 1 unspecified atom stereocenters. The van der Waals surface area contributed by atoms with E-state index in [0.717, 1.165) is 11.1 Å². The molecule has 3 aromatic carbocycles. The van der Waals surface area contributed by atoms with E-state index in [-0.39, 0.29) is 0 Å². The first-order chi connectivity index (χ1) is 11.0. The van der Waals surface area contributed by atoms with Gasteiger partial charge in [0.05, 0.1) is 14.6 Å². The largest absolute Gasteiger partial charge is 0.249 e. The van der Waals surface area contributed by atoms with E-state index in [1.54, 1.807) is 0 Å². The van der Waals surface area contributed by atoms with Gasteiger partial charge in [-0.25, -0.2) is 13.4 Å². The fourth-order valence-electron chi connectivity index (χ4n) is 2.68. The number of nitrogens with one attached hydrogen (secondary N) is 1. The van der Waals surface area contributed by atoms with E-state index in [9.17, 15) is 8.60 Å². The fraction of sp³-hybridized carbons (Fsp3) is 0.0526. The summed E-state index contributed by atoms with van der Waals surface area (Å²) in [4.78, 5) is 0.372. The van der Waals surface area contributed by atoms with E-state index in [0.29, 0.717) is 16.0 Å². The summed E-state index contributed by atoms with van der Waals surface area (Å²) in [5, 5.41) is 0. The maximum absolute atomic E-state index is 14.2. The second-order valence-corrected chi connectivity index (χ2v) is 7.50. The Morgan fingerprint density at radius 2 is 1.22 bits per heavy atom. The molecule has 3 aromatic rings. The van der Waals surface area contributed by atoms with Crippen LogP contribution in [0.25, 0.3) is 22.3 Å². The lowest BCUT2D eigenvalue weighted by molar-refractivity contribution is 0.627. The highest BCUT2D eigenvalue weighted by molar-refractivity contribution is 7.92. The Kier molecular flexibility index (Phi) is 4.01. The molecule has 1 N–H and O–H groups in total. The zero-order valence-electron chi connectivity index (χ0n) is 12.6. The third-order valence-corrected chi connectivity index (χ3v) is 4.83. The van der Waals surface area contributed by atoms with Crippen molar-refractivity contribution in [2.24, 2.45) is 0 Å². The lowest BCUT2D eigenvalue weighted by atomic mass is 9.98.